The van der Waals surface area contributed by atoms with Gasteiger partial charge in [0.05, 0.1) is 5.69 Å². The summed E-state index contributed by atoms with van der Waals surface area (Å²) in [6.07, 6.45) is 3.55. The molecule has 4 nitrogen and oxygen atoms in total. The molecule has 2 heterocycles. The number of rotatable bonds is 3. The van der Waals surface area contributed by atoms with Crippen molar-refractivity contribution in [3.63, 3.8) is 0 Å². The Hall–Kier alpha value is -2.98. The number of amides is 1. The summed E-state index contributed by atoms with van der Waals surface area (Å²) in [5.74, 6) is -0.327. The van der Waals surface area contributed by atoms with Crippen LogP contribution in [0.1, 0.15) is 11.1 Å². The van der Waals surface area contributed by atoms with Gasteiger partial charge in [-0.25, -0.2) is 0 Å². The molecule has 1 unspecified atom stereocenters. The fourth-order valence-electron chi connectivity index (χ4n) is 3.23. The summed E-state index contributed by atoms with van der Waals surface area (Å²) in [4.78, 5) is 18.7. The zero-order valence-electron chi connectivity index (χ0n) is 13.0. The second-order valence-electron chi connectivity index (χ2n) is 5.89. The van der Waals surface area contributed by atoms with Crippen LogP contribution in [0.5, 0.6) is 0 Å². The van der Waals surface area contributed by atoms with Gasteiger partial charge in [0.1, 0.15) is 0 Å². The number of para-hydroxylation sites is 2. The SMILES string of the molecule is O=C1N(c2ccccc2)c2ccccc2C1(O)Cc1ccncc1. The molecule has 1 N–H and O–H groups in total. The molecule has 0 spiro atoms. The molecule has 0 bridgehead atoms. The number of hydrogen-bond acceptors (Lipinski definition) is 3. The molecule has 0 aliphatic carbocycles. The third-order valence-electron chi connectivity index (χ3n) is 4.37. The van der Waals surface area contributed by atoms with Crippen LogP contribution < -0.4 is 4.90 Å². The van der Waals surface area contributed by atoms with E-state index in [9.17, 15) is 9.90 Å². The number of anilines is 2. The van der Waals surface area contributed by atoms with Crippen molar-refractivity contribution in [3.8, 4) is 0 Å². The van der Waals surface area contributed by atoms with Crippen LogP contribution in [-0.4, -0.2) is 16.0 Å². The number of hydrogen-bond donors (Lipinski definition) is 1. The van der Waals surface area contributed by atoms with Crippen molar-refractivity contribution >= 4 is 17.3 Å². The number of carbonyl (C=O) groups is 1. The summed E-state index contributed by atoms with van der Waals surface area (Å²) in [5, 5.41) is 11.3. The zero-order valence-corrected chi connectivity index (χ0v) is 13.0. The first-order chi connectivity index (χ1) is 11.7. The minimum Gasteiger partial charge on any atom is -0.375 e. The molecule has 4 rings (SSSR count). The number of aliphatic hydroxyl groups is 1. The van der Waals surface area contributed by atoms with Crippen LogP contribution in [0.2, 0.25) is 0 Å². The Bertz CT molecular complexity index is 880. The van der Waals surface area contributed by atoms with E-state index in [1.54, 1.807) is 17.3 Å². The molecule has 1 aliphatic rings. The Morgan fingerprint density at radius 3 is 2.33 bits per heavy atom. The number of carbonyl (C=O) groups excluding carboxylic acids is 1. The van der Waals surface area contributed by atoms with E-state index in [0.29, 0.717) is 5.56 Å². The standard InChI is InChI=1S/C20H16N2O2/c23-19-20(24,14-15-10-12-21-13-11-15)17-8-4-5-9-18(17)22(19)16-6-2-1-3-7-16/h1-13,24H,14H2. The molecule has 3 aromatic rings. The molecule has 1 aliphatic heterocycles. The van der Waals surface area contributed by atoms with Crippen LogP contribution in [0, 0.1) is 0 Å². The van der Waals surface area contributed by atoms with Crippen LogP contribution in [0.15, 0.2) is 79.1 Å². The van der Waals surface area contributed by atoms with Gasteiger partial charge in [-0.3, -0.25) is 14.7 Å². The van der Waals surface area contributed by atoms with Crippen molar-refractivity contribution in [3.05, 3.63) is 90.3 Å². The average molecular weight is 316 g/mol. The molecule has 0 fully saturated rings. The lowest BCUT2D eigenvalue weighted by atomic mass is 9.89. The molecule has 24 heavy (non-hydrogen) atoms. The monoisotopic (exact) mass is 316 g/mol. The Balaban J connectivity index is 1.83. The highest BCUT2D eigenvalue weighted by Crippen LogP contribution is 2.45. The minimum absolute atomic E-state index is 0.217. The van der Waals surface area contributed by atoms with E-state index in [1.807, 2.05) is 66.7 Å². The van der Waals surface area contributed by atoms with Gasteiger partial charge < -0.3 is 5.11 Å². The van der Waals surface area contributed by atoms with Crippen LogP contribution in [0.25, 0.3) is 0 Å². The maximum absolute atomic E-state index is 13.1. The van der Waals surface area contributed by atoms with Crippen molar-refractivity contribution in [2.24, 2.45) is 0 Å². The van der Waals surface area contributed by atoms with E-state index in [2.05, 4.69) is 4.98 Å². The van der Waals surface area contributed by atoms with Gasteiger partial charge in [0, 0.05) is 30.1 Å². The second kappa shape index (κ2) is 5.58. The Morgan fingerprint density at radius 1 is 0.917 bits per heavy atom. The van der Waals surface area contributed by atoms with Gasteiger partial charge in [0.15, 0.2) is 5.60 Å². The third kappa shape index (κ3) is 2.20. The lowest BCUT2D eigenvalue weighted by molar-refractivity contribution is -0.135. The molecule has 1 atom stereocenters. The van der Waals surface area contributed by atoms with Gasteiger partial charge in [0.2, 0.25) is 0 Å². The Labute approximate surface area is 140 Å². The molecule has 118 valence electrons. The van der Waals surface area contributed by atoms with E-state index in [0.717, 1.165) is 16.9 Å². The number of fused-ring (bicyclic) bond motifs is 1. The number of aromatic nitrogens is 1. The van der Waals surface area contributed by atoms with Crippen LogP contribution in [0.3, 0.4) is 0 Å². The minimum atomic E-state index is -1.58. The summed E-state index contributed by atoms with van der Waals surface area (Å²) in [6, 6.07) is 20.4. The fourth-order valence-corrected chi connectivity index (χ4v) is 3.23. The van der Waals surface area contributed by atoms with Gasteiger partial charge in [-0.1, -0.05) is 36.4 Å². The molecular formula is C20H16N2O2. The second-order valence-corrected chi connectivity index (χ2v) is 5.89. The number of benzene rings is 2. The lowest BCUT2D eigenvalue weighted by Crippen LogP contribution is -2.40. The third-order valence-corrected chi connectivity index (χ3v) is 4.37. The quantitative estimate of drug-likeness (QED) is 0.807. The van der Waals surface area contributed by atoms with Crippen molar-refractivity contribution in [1.82, 2.24) is 4.98 Å². The van der Waals surface area contributed by atoms with Gasteiger partial charge in [-0.05, 0) is 35.9 Å². The lowest BCUT2D eigenvalue weighted by Gasteiger charge is -2.23. The molecule has 0 saturated carbocycles. The number of pyridine rings is 1. The van der Waals surface area contributed by atoms with E-state index < -0.39 is 5.60 Å². The van der Waals surface area contributed by atoms with Crippen molar-refractivity contribution in [2.75, 3.05) is 4.90 Å². The number of nitrogens with zero attached hydrogens (tertiary/aromatic N) is 2. The van der Waals surface area contributed by atoms with Gasteiger partial charge >= 0.3 is 0 Å². The molecule has 2 aromatic carbocycles. The van der Waals surface area contributed by atoms with E-state index >= 15 is 0 Å². The molecule has 1 aromatic heterocycles. The fraction of sp³-hybridized carbons (Fsp3) is 0.100. The normalized spacial score (nSPS) is 19.4. The van der Waals surface area contributed by atoms with Crippen molar-refractivity contribution in [2.45, 2.75) is 12.0 Å². The van der Waals surface area contributed by atoms with E-state index in [-0.39, 0.29) is 12.3 Å². The topological polar surface area (TPSA) is 53.4 Å². The average Bonchev–Trinajstić information content (AvgIpc) is 2.85. The van der Waals surface area contributed by atoms with Crippen LogP contribution >= 0.6 is 0 Å². The van der Waals surface area contributed by atoms with Gasteiger partial charge in [-0.2, -0.15) is 0 Å². The first kappa shape index (κ1) is 14.6. The summed E-state index contributed by atoms with van der Waals surface area (Å²) in [6.45, 7) is 0. The predicted octanol–water partition coefficient (Wildman–Crippen LogP) is 3.19. The predicted molar refractivity (Wildman–Crippen MR) is 91.9 cm³/mol. The highest BCUT2D eigenvalue weighted by Gasteiger charge is 2.50. The molecule has 1 amide bonds. The Morgan fingerprint density at radius 2 is 1.58 bits per heavy atom. The van der Waals surface area contributed by atoms with Crippen LogP contribution in [-0.2, 0) is 16.8 Å². The maximum atomic E-state index is 13.1. The smallest absolute Gasteiger partial charge is 0.268 e. The largest absolute Gasteiger partial charge is 0.375 e. The molecule has 0 saturated heterocycles. The highest BCUT2D eigenvalue weighted by molar-refractivity contribution is 6.12. The molecule has 0 radical (unpaired) electrons. The van der Waals surface area contributed by atoms with E-state index in [4.69, 9.17) is 0 Å². The summed E-state index contributed by atoms with van der Waals surface area (Å²) in [5.41, 5.74) is 1.40. The summed E-state index contributed by atoms with van der Waals surface area (Å²) < 4.78 is 0. The van der Waals surface area contributed by atoms with Gasteiger partial charge in [0.25, 0.3) is 5.91 Å². The summed E-state index contributed by atoms with van der Waals surface area (Å²) >= 11 is 0. The Kier molecular flexibility index (Phi) is 3.40. The van der Waals surface area contributed by atoms with Gasteiger partial charge in [-0.15, -0.1) is 0 Å². The van der Waals surface area contributed by atoms with Crippen molar-refractivity contribution in [1.29, 1.82) is 0 Å². The maximum Gasteiger partial charge on any atom is 0.268 e. The van der Waals surface area contributed by atoms with E-state index in [1.165, 1.54) is 0 Å². The highest BCUT2D eigenvalue weighted by atomic mass is 16.3. The molecular weight excluding hydrogens is 300 g/mol. The summed E-state index contributed by atoms with van der Waals surface area (Å²) in [7, 11) is 0. The van der Waals surface area contributed by atoms with Crippen molar-refractivity contribution < 1.29 is 9.90 Å². The zero-order chi connectivity index (χ0) is 16.6. The first-order valence-corrected chi connectivity index (χ1v) is 7.80. The first-order valence-electron chi connectivity index (χ1n) is 7.80. The molecule has 4 heteroatoms. The van der Waals surface area contributed by atoms with Crippen LogP contribution in [0.4, 0.5) is 11.4 Å².